The Labute approximate surface area is 51.1 Å². The summed E-state index contributed by atoms with van der Waals surface area (Å²) in [5.41, 5.74) is 2.89. The monoisotopic (exact) mass is 127 g/mol. The third kappa shape index (κ3) is 5.45. The number of hydrogen-bond donors (Lipinski definition) is 0. The summed E-state index contributed by atoms with van der Waals surface area (Å²) in [6, 6.07) is 0. The van der Waals surface area contributed by atoms with E-state index < -0.39 is 8.07 Å². The van der Waals surface area contributed by atoms with Crippen LogP contribution in [0.4, 0.5) is 0 Å². The molecule has 0 aromatic rings. The Morgan fingerprint density at radius 2 is 1.88 bits per heavy atom. The molecule has 0 atom stereocenters. The van der Waals surface area contributed by atoms with Crippen LogP contribution in [0.2, 0.25) is 19.6 Å². The van der Waals surface area contributed by atoms with Crippen LogP contribution in [0.1, 0.15) is 0 Å². The van der Waals surface area contributed by atoms with Gasteiger partial charge in [0.1, 0.15) is 8.07 Å². The van der Waals surface area contributed by atoms with Crippen LogP contribution in [-0.4, -0.2) is 14.4 Å². The predicted molar refractivity (Wildman–Crippen MR) is 37.2 cm³/mol. The van der Waals surface area contributed by atoms with Crippen molar-refractivity contribution in [3.05, 3.63) is 0 Å². The molecule has 0 aromatic carbocycles. The fraction of sp³-hybridized carbons (Fsp3) is 0.500. The molecule has 0 aromatic heterocycles. The van der Waals surface area contributed by atoms with Gasteiger partial charge in [0.25, 0.3) is 0 Å². The molecule has 0 aliphatic carbocycles. The molecular formula is C6H10OSi. The van der Waals surface area contributed by atoms with E-state index >= 15 is 0 Å². The van der Waals surface area contributed by atoms with Crippen molar-refractivity contribution in [1.82, 2.24) is 0 Å². The zero-order valence-electron chi connectivity index (χ0n) is 5.49. The summed E-state index contributed by atoms with van der Waals surface area (Å²) in [5, 5.41) is 0. The summed E-state index contributed by atoms with van der Waals surface area (Å²) >= 11 is 0. The molecule has 0 rings (SSSR count). The third-order valence-corrected chi connectivity index (χ3v) is 1.40. The van der Waals surface area contributed by atoms with Crippen LogP contribution in [0.3, 0.4) is 0 Å². The van der Waals surface area contributed by atoms with E-state index in [1.54, 1.807) is 0 Å². The summed E-state index contributed by atoms with van der Waals surface area (Å²) < 4.78 is 0. The zero-order valence-corrected chi connectivity index (χ0v) is 6.49. The molecule has 2 heteroatoms. The van der Waals surface area contributed by atoms with Crippen LogP contribution in [0, 0.1) is 11.5 Å². The van der Waals surface area contributed by atoms with Gasteiger partial charge in [0.05, 0.1) is 0 Å². The van der Waals surface area contributed by atoms with Crippen molar-refractivity contribution in [3.8, 4) is 11.5 Å². The maximum absolute atomic E-state index is 9.70. The van der Waals surface area contributed by atoms with Gasteiger partial charge in [-0.05, 0) is 5.92 Å². The summed E-state index contributed by atoms with van der Waals surface area (Å²) in [6.07, 6.45) is 0.651. The Balaban J connectivity index is 3.87. The first-order valence-electron chi connectivity index (χ1n) is 2.52. The molecule has 0 heterocycles. The smallest absolute Gasteiger partial charge is 0.192 e. The molecule has 0 aliphatic rings. The number of carbonyl (C=O) groups excluding carboxylic acids is 1. The van der Waals surface area contributed by atoms with Gasteiger partial charge in [0.15, 0.2) is 6.29 Å². The lowest BCUT2D eigenvalue weighted by Gasteiger charge is -2.01. The highest BCUT2D eigenvalue weighted by Crippen LogP contribution is 1.94. The molecule has 0 fully saturated rings. The molecule has 0 unspecified atom stereocenters. The predicted octanol–water partition coefficient (Wildman–Crippen LogP) is 1.07. The lowest BCUT2D eigenvalue weighted by molar-refractivity contribution is -0.103. The minimum absolute atomic E-state index is 0.651. The molecular weight excluding hydrogens is 117 g/mol. The average Bonchev–Trinajstić information content (AvgIpc) is 1.59. The largest absolute Gasteiger partial charge is 0.289 e. The number of carbonyl (C=O) groups is 1. The van der Waals surface area contributed by atoms with E-state index in [-0.39, 0.29) is 0 Å². The highest BCUT2D eigenvalue weighted by molar-refractivity contribution is 6.84. The van der Waals surface area contributed by atoms with Crippen LogP contribution in [-0.2, 0) is 4.79 Å². The van der Waals surface area contributed by atoms with Gasteiger partial charge in [-0.25, -0.2) is 0 Å². The minimum atomic E-state index is -1.27. The van der Waals surface area contributed by atoms with Crippen LogP contribution < -0.4 is 0 Å². The van der Waals surface area contributed by atoms with Gasteiger partial charge in [0.2, 0.25) is 0 Å². The normalized spacial score (nSPS) is 9.38. The second-order valence-corrected chi connectivity index (χ2v) is 7.39. The Bertz CT molecular complexity index is 133. The van der Waals surface area contributed by atoms with Gasteiger partial charge < -0.3 is 0 Å². The van der Waals surface area contributed by atoms with Crippen LogP contribution in [0.15, 0.2) is 0 Å². The van der Waals surface area contributed by atoms with Crippen molar-refractivity contribution in [1.29, 1.82) is 0 Å². The maximum atomic E-state index is 9.70. The second kappa shape index (κ2) is 2.68. The van der Waals surface area contributed by atoms with Gasteiger partial charge in [0, 0.05) is 0 Å². The van der Waals surface area contributed by atoms with Gasteiger partial charge >= 0.3 is 0 Å². The number of aldehydes is 1. The van der Waals surface area contributed by atoms with Crippen LogP contribution >= 0.6 is 0 Å². The summed E-state index contributed by atoms with van der Waals surface area (Å²) in [6.45, 7) is 6.30. The van der Waals surface area contributed by atoms with Crippen molar-refractivity contribution >= 4 is 14.4 Å². The Kier molecular flexibility index (Phi) is 2.50. The van der Waals surface area contributed by atoms with Gasteiger partial charge in [-0.3, -0.25) is 4.79 Å². The summed E-state index contributed by atoms with van der Waals surface area (Å²) in [7, 11) is -1.27. The number of hydrogen-bond acceptors (Lipinski definition) is 1. The molecule has 0 saturated carbocycles. The molecule has 1 nitrogen and oxygen atoms in total. The molecule has 0 N–H and O–H groups in total. The minimum Gasteiger partial charge on any atom is -0.289 e. The van der Waals surface area contributed by atoms with Gasteiger partial charge in [-0.2, -0.15) is 0 Å². The van der Waals surface area contributed by atoms with E-state index in [4.69, 9.17) is 0 Å². The van der Waals surface area contributed by atoms with Crippen molar-refractivity contribution in [3.63, 3.8) is 0 Å². The lowest BCUT2D eigenvalue weighted by atomic mass is 11.1. The van der Waals surface area contributed by atoms with E-state index in [2.05, 4.69) is 31.1 Å². The van der Waals surface area contributed by atoms with Gasteiger partial charge in [-0.1, -0.05) is 19.6 Å². The van der Waals surface area contributed by atoms with Crippen LogP contribution in [0.5, 0.6) is 0 Å². The lowest BCUT2D eigenvalue weighted by Crippen LogP contribution is -2.16. The Morgan fingerprint density at radius 3 is 2.00 bits per heavy atom. The molecule has 0 amide bonds. The van der Waals surface area contributed by atoms with E-state index in [0.717, 1.165) is 0 Å². The van der Waals surface area contributed by atoms with Crippen molar-refractivity contribution in [2.75, 3.05) is 0 Å². The van der Waals surface area contributed by atoms with Crippen molar-refractivity contribution in [2.45, 2.75) is 19.6 Å². The highest BCUT2D eigenvalue weighted by atomic mass is 28.3. The topological polar surface area (TPSA) is 17.1 Å². The van der Waals surface area contributed by atoms with E-state index in [1.165, 1.54) is 0 Å². The fourth-order valence-corrected chi connectivity index (χ4v) is 0.738. The Morgan fingerprint density at radius 1 is 1.38 bits per heavy atom. The zero-order chi connectivity index (χ0) is 6.62. The molecule has 0 bridgehead atoms. The van der Waals surface area contributed by atoms with Crippen molar-refractivity contribution < 1.29 is 4.79 Å². The van der Waals surface area contributed by atoms with E-state index in [9.17, 15) is 4.79 Å². The molecule has 8 heavy (non-hydrogen) atoms. The fourth-order valence-electron chi connectivity index (χ4n) is 0.246. The van der Waals surface area contributed by atoms with E-state index in [1.807, 2.05) is 0 Å². The summed E-state index contributed by atoms with van der Waals surface area (Å²) in [4.78, 5) is 9.70. The summed E-state index contributed by atoms with van der Waals surface area (Å²) in [5.74, 6) is 2.42. The molecule has 44 valence electrons. The number of rotatable bonds is 0. The maximum Gasteiger partial charge on any atom is 0.192 e. The molecule has 0 radical (unpaired) electrons. The van der Waals surface area contributed by atoms with Crippen molar-refractivity contribution in [2.24, 2.45) is 0 Å². The third-order valence-electron chi connectivity index (χ3n) is 0.506. The highest BCUT2D eigenvalue weighted by Gasteiger charge is 2.06. The second-order valence-electron chi connectivity index (χ2n) is 2.64. The molecule has 0 saturated heterocycles. The van der Waals surface area contributed by atoms with Crippen LogP contribution in [0.25, 0.3) is 0 Å². The molecule has 0 aliphatic heterocycles. The first-order chi connectivity index (χ1) is 3.56. The van der Waals surface area contributed by atoms with E-state index in [0.29, 0.717) is 6.29 Å². The van der Waals surface area contributed by atoms with Gasteiger partial charge in [-0.15, -0.1) is 5.54 Å². The first kappa shape index (κ1) is 7.45. The SMILES string of the molecule is C[Si](C)(C)C#C[13CH]=O. The quantitative estimate of drug-likeness (QED) is 0.206. The standard InChI is InChI=1S/C6H10OSi/c1-8(2,3)6-4-5-7/h5H,1-3H3/i5+1. The molecule has 0 spiro atoms. The average molecular weight is 127 g/mol. The Hall–Kier alpha value is -0.553. The first-order valence-corrected chi connectivity index (χ1v) is 6.02.